The van der Waals surface area contributed by atoms with E-state index in [9.17, 15) is 9.18 Å². The van der Waals surface area contributed by atoms with Gasteiger partial charge in [0.25, 0.3) is 5.56 Å². The predicted octanol–water partition coefficient (Wildman–Crippen LogP) is 2.70. The molecule has 6 heteroatoms. The van der Waals surface area contributed by atoms with Crippen molar-refractivity contribution in [3.05, 3.63) is 44.4 Å². The van der Waals surface area contributed by atoms with Crippen molar-refractivity contribution >= 4 is 21.7 Å². The summed E-state index contributed by atoms with van der Waals surface area (Å²) in [4.78, 5) is 19.1. The Morgan fingerprint density at radius 2 is 2.21 bits per heavy atom. The van der Waals surface area contributed by atoms with Crippen LogP contribution in [0.5, 0.6) is 0 Å². The molecule has 0 atom stereocenters. The molecule has 1 aliphatic heterocycles. The number of aromatic nitrogens is 2. The molecule has 0 unspecified atom stereocenters. The fraction of sp³-hybridized carbons (Fsp3) is 0.231. The highest BCUT2D eigenvalue weighted by atomic mass is 79.9. The van der Waals surface area contributed by atoms with Gasteiger partial charge in [0.05, 0.1) is 10.0 Å². The van der Waals surface area contributed by atoms with Crippen LogP contribution in [0.4, 0.5) is 10.2 Å². The van der Waals surface area contributed by atoms with Crippen molar-refractivity contribution in [3.8, 4) is 11.4 Å². The summed E-state index contributed by atoms with van der Waals surface area (Å²) in [6, 6.07) is 4.53. The SMILES string of the molecule is O=c1[nH]c(-c2ccc(F)c(Br)c2)nc2c1CCCN2. The summed E-state index contributed by atoms with van der Waals surface area (Å²) in [6.07, 6.45) is 1.66. The fourth-order valence-electron chi connectivity index (χ4n) is 2.13. The van der Waals surface area contributed by atoms with Crippen molar-refractivity contribution in [2.24, 2.45) is 0 Å². The second kappa shape index (κ2) is 4.77. The Morgan fingerprint density at radius 1 is 1.37 bits per heavy atom. The number of aromatic amines is 1. The van der Waals surface area contributed by atoms with Gasteiger partial charge in [-0.3, -0.25) is 4.79 Å². The monoisotopic (exact) mass is 323 g/mol. The third-order valence-corrected chi connectivity index (χ3v) is 3.71. The fourth-order valence-corrected chi connectivity index (χ4v) is 2.51. The molecule has 2 aromatic rings. The molecule has 1 aromatic carbocycles. The summed E-state index contributed by atoms with van der Waals surface area (Å²) in [6.45, 7) is 0.815. The summed E-state index contributed by atoms with van der Waals surface area (Å²) in [5, 5.41) is 3.12. The van der Waals surface area contributed by atoms with E-state index in [0.717, 1.165) is 19.4 Å². The van der Waals surface area contributed by atoms with E-state index in [1.54, 1.807) is 12.1 Å². The maximum atomic E-state index is 13.2. The van der Waals surface area contributed by atoms with Crippen LogP contribution < -0.4 is 10.9 Å². The van der Waals surface area contributed by atoms with E-state index in [4.69, 9.17) is 0 Å². The summed E-state index contributed by atoms with van der Waals surface area (Å²) in [5.41, 5.74) is 1.23. The first kappa shape index (κ1) is 12.3. The number of nitrogens with zero attached hydrogens (tertiary/aromatic N) is 1. The number of hydrogen-bond donors (Lipinski definition) is 2. The molecule has 0 spiro atoms. The maximum absolute atomic E-state index is 13.2. The van der Waals surface area contributed by atoms with E-state index in [-0.39, 0.29) is 11.4 Å². The van der Waals surface area contributed by atoms with Gasteiger partial charge in [-0.05, 0) is 47.0 Å². The van der Waals surface area contributed by atoms with Gasteiger partial charge in [0.2, 0.25) is 0 Å². The molecule has 4 nitrogen and oxygen atoms in total. The molecule has 2 heterocycles. The maximum Gasteiger partial charge on any atom is 0.256 e. The Labute approximate surface area is 117 Å². The Kier molecular flexibility index (Phi) is 3.10. The molecule has 2 N–H and O–H groups in total. The van der Waals surface area contributed by atoms with E-state index < -0.39 is 0 Å². The average Bonchev–Trinajstić information content (AvgIpc) is 2.42. The zero-order chi connectivity index (χ0) is 13.4. The summed E-state index contributed by atoms with van der Waals surface area (Å²) in [5.74, 6) is 0.728. The van der Waals surface area contributed by atoms with Crippen molar-refractivity contribution < 1.29 is 4.39 Å². The second-order valence-electron chi connectivity index (χ2n) is 4.40. The highest BCUT2D eigenvalue weighted by molar-refractivity contribution is 9.10. The Morgan fingerprint density at radius 3 is 3.00 bits per heavy atom. The van der Waals surface area contributed by atoms with Crippen molar-refractivity contribution in [1.29, 1.82) is 0 Å². The zero-order valence-corrected chi connectivity index (χ0v) is 11.6. The van der Waals surface area contributed by atoms with E-state index in [2.05, 4.69) is 31.2 Å². The van der Waals surface area contributed by atoms with Crippen LogP contribution in [0.1, 0.15) is 12.0 Å². The smallest absolute Gasteiger partial charge is 0.256 e. The van der Waals surface area contributed by atoms with Gasteiger partial charge < -0.3 is 10.3 Å². The highest BCUT2D eigenvalue weighted by Crippen LogP contribution is 2.24. The van der Waals surface area contributed by atoms with Gasteiger partial charge in [0.1, 0.15) is 17.5 Å². The normalized spacial score (nSPS) is 13.8. The molecule has 0 radical (unpaired) electrons. The molecule has 0 bridgehead atoms. The molecule has 1 aromatic heterocycles. The summed E-state index contributed by atoms with van der Waals surface area (Å²) in [7, 11) is 0. The number of anilines is 1. The third kappa shape index (κ3) is 2.28. The van der Waals surface area contributed by atoms with Crippen LogP contribution in [-0.2, 0) is 6.42 Å². The predicted molar refractivity (Wildman–Crippen MR) is 74.8 cm³/mol. The van der Waals surface area contributed by atoms with Crippen LogP contribution in [0.15, 0.2) is 27.5 Å². The molecule has 0 amide bonds. The molecule has 3 rings (SSSR count). The number of rotatable bonds is 1. The number of nitrogens with one attached hydrogen (secondary N) is 2. The molecule has 98 valence electrons. The topological polar surface area (TPSA) is 57.8 Å². The molecule has 0 aliphatic carbocycles. The standard InChI is InChI=1S/C13H11BrFN3O/c14-9-6-7(3-4-10(9)15)11-17-12-8(13(19)18-11)2-1-5-16-12/h3-4,6H,1-2,5H2,(H2,16,17,18,19). The quantitative estimate of drug-likeness (QED) is 0.848. The first-order chi connectivity index (χ1) is 9.15. The van der Waals surface area contributed by atoms with Crippen molar-refractivity contribution in [2.75, 3.05) is 11.9 Å². The van der Waals surface area contributed by atoms with Gasteiger partial charge in [0, 0.05) is 12.1 Å². The van der Waals surface area contributed by atoms with Crippen molar-refractivity contribution in [2.45, 2.75) is 12.8 Å². The minimum absolute atomic E-state index is 0.132. The van der Waals surface area contributed by atoms with Crippen LogP contribution >= 0.6 is 15.9 Å². The van der Waals surface area contributed by atoms with Gasteiger partial charge in [0.15, 0.2) is 0 Å². The first-order valence-electron chi connectivity index (χ1n) is 5.97. The molecule has 0 saturated heterocycles. The number of benzene rings is 1. The van der Waals surface area contributed by atoms with E-state index in [1.165, 1.54) is 6.07 Å². The first-order valence-corrected chi connectivity index (χ1v) is 6.77. The zero-order valence-electron chi connectivity index (χ0n) is 9.96. The van der Waals surface area contributed by atoms with Crippen LogP contribution in [0, 0.1) is 5.82 Å². The van der Waals surface area contributed by atoms with Crippen molar-refractivity contribution in [1.82, 2.24) is 9.97 Å². The van der Waals surface area contributed by atoms with Gasteiger partial charge in [-0.1, -0.05) is 0 Å². The van der Waals surface area contributed by atoms with Crippen molar-refractivity contribution in [3.63, 3.8) is 0 Å². The van der Waals surface area contributed by atoms with Gasteiger partial charge in [-0.2, -0.15) is 0 Å². The van der Waals surface area contributed by atoms with Crippen LogP contribution in [0.2, 0.25) is 0 Å². The molecule has 19 heavy (non-hydrogen) atoms. The van der Waals surface area contributed by atoms with E-state index in [1.807, 2.05) is 0 Å². The molecular formula is C13H11BrFN3O. The van der Waals surface area contributed by atoms with Crippen LogP contribution in [0.25, 0.3) is 11.4 Å². The molecule has 0 fully saturated rings. The minimum atomic E-state index is -0.345. The number of H-pyrrole nitrogens is 1. The lowest BCUT2D eigenvalue weighted by atomic mass is 10.1. The number of hydrogen-bond acceptors (Lipinski definition) is 3. The largest absolute Gasteiger partial charge is 0.370 e. The lowest BCUT2D eigenvalue weighted by molar-refractivity contribution is 0.621. The second-order valence-corrected chi connectivity index (χ2v) is 5.26. The number of fused-ring (bicyclic) bond motifs is 1. The molecule has 0 saturated carbocycles. The Bertz CT molecular complexity index is 699. The van der Waals surface area contributed by atoms with Crippen LogP contribution in [0.3, 0.4) is 0 Å². The Hall–Kier alpha value is -1.69. The van der Waals surface area contributed by atoms with Gasteiger partial charge in [-0.15, -0.1) is 0 Å². The minimum Gasteiger partial charge on any atom is -0.370 e. The molecular weight excluding hydrogens is 313 g/mol. The summed E-state index contributed by atoms with van der Waals surface area (Å²) < 4.78 is 13.6. The molecule has 1 aliphatic rings. The Balaban J connectivity index is 2.12. The third-order valence-electron chi connectivity index (χ3n) is 3.10. The lowest BCUT2D eigenvalue weighted by Gasteiger charge is -2.16. The van der Waals surface area contributed by atoms with Gasteiger partial charge in [-0.25, -0.2) is 9.37 Å². The van der Waals surface area contributed by atoms with E-state index in [0.29, 0.717) is 27.2 Å². The number of halogens is 2. The average molecular weight is 324 g/mol. The van der Waals surface area contributed by atoms with Gasteiger partial charge >= 0.3 is 0 Å². The summed E-state index contributed by atoms with van der Waals surface area (Å²) >= 11 is 3.13. The highest BCUT2D eigenvalue weighted by Gasteiger charge is 2.16. The van der Waals surface area contributed by atoms with Crippen LogP contribution in [-0.4, -0.2) is 16.5 Å². The lowest BCUT2D eigenvalue weighted by Crippen LogP contribution is -2.24. The van der Waals surface area contributed by atoms with E-state index >= 15 is 0 Å².